The lowest BCUT2D eigenvalue weighted by Crippen LogP contribution is -2.46. The first kappa shape index (κ1) is 16.4. The third-order valence-electron chi connectivity index (χ3n) is 3.08. The molecule has 0 aromatic heterocycles. The van der Waals surface area contributed by atoms with Crippen molar-refractivity contribution in [3.63, 3.8) is 0 Å². The highest BCUT2D eigenvalue weighted by molar-refractivity contribution is 5.85. The topological polar surface area (TPSA) is 119 Å². The average Bonchev–Trinajstić information content (AvgIpc) is 2.62. The molecule has 0 aromatic rings. The summed E-state index contributed by atoms with van der Waals surface area (Å²) in [6, 6.07) is -1.15. The third-order valence-corrected chi connectivity index (χ3v) is 3.08. The van der Waals surface area contributed by atoms with Crippen LogP contribution in [-0.2, 0) is 14.4 Å². The highest BCUT2D eigenvalue weighted by atomic mass is 16.4. The second-order valence-electron chi connectivity index (χ2n) is 4.77. The van der Waals surface area contributed by atoms with Crippen molar-refractivity contribution in [2.45, 2.75) is 25.3 Å². The van der Waals surface area contributed by atoms with E-state index in [1.165, 1.54) is 0 Å². The Labute approximate surface area is 117 Å². The molecule has 8 nitrogen and oxygen atoms in total. The molecule has 1 atom stereocenters. The van der Waals surface area contributed by atoms with Gasteiger partial charge in [-0.05, 0) is 25.9 Å². The SMILES string of the molecule is O=C(O)CC[C@H](NC(=O)CN1CCCNCC1)C(=O)O. The number of amides is 1. The number of carbonyl (C=O) groups is 3. The number of carboxylic acids is 2. The predicted molar refractivity (Wildman–Crippen MR) is 70.4 cm³/mol. The number of carbonyl (C=O) groups excluding carboxylic acids is 1. The second kappa shape index (κ2) is 8.49. The summed E-state index contributed by atoms with van der Waals surface area (Å²) in [5.74, 6) is -2.68. The molecule has 0 aliphatic carbocycles. The number of hydrogen-bond donors (Lipinski definition) is 4. The molecule has 1 rings (SSSR count). The van der Waals surface area contributed by atoms with Gasteiger partial charge in [-0.3, -0.25) is 14.5 Å². The molecule has 0 bridgehead atoms. The van der Waals surface area contributed by atoms with Crippen LogP contribution >= 0.6 is 0 Å². The molecule has 8 heteroatoms. The summed E-state index contributed by atoms with van der Waals surface area (Å²) in [5, 5.41) is 23.1. The monoisotopic (exact) mass is 287 g/mol. The highest BCUT2D eigenvalue weighted by Crippen LogP contribution is 2.00. The first-order chi connectivity index (χ1) is 9.49. The van der Waals surface area contributed by atoms with E-state index in [9.17, 15) is 14.4 Å². The first-order valence-electron chi connectivity index (χ1n) is 6.66. The molecule has 0 unspecified atom stereocenters. The summed E-state index contributed by atoms with van der Waals surface area (Å²) >= 11 is 0. The van der Waals surface area contributed by atoms with Crippen molar-refractivity contribution in [2.24, 2.45) is 0 Å². The Kier molecular flexibility index (Phi) is 6.96. The van der Waals surface area contributed by atoms with Crippen LogP contribution in [0.15, 0.2) is 0 Å². The summed E-state index contributed by atoms with van der Waals surface area (Å²) in [5.41, 5.74) is 0. The molecule has 0 saturated carbocycles. The van der Waals surface area contributed by atoms with Crippen molar-refractivity contribution < 1.29 is 24.6 Å². The molecular formula is C12H21N3O5. The molecule has 114 valence electrons. The summed E-state index contributed by atoms with van der Waals surface area (Å²) in [6.45, 7) is 3.37. The van der Waals surface area contributed by atoms with Gasteiger partial charge in [0, 0.05) is 19.5 Å². The van der Waals surface area contributed by atoms with Gasteiger partial charge >= 0.3 is 11.9 Å². The molecule has 1 amide bonds. The van der Waals surface area contributed by atoms with Gasteiger partial charge in [0.25, 0.3) is 0 Å². The van der Waals surface area contributed by atoms with Gasteiger partial charge in [-0.25, -0.2) is 4.79 Å². The van der Waals surface area contributed by atoms with Gasteiger partial charge in [0.2, 0.25) is 5.91 Å². The molecular weight excluding hydrogens is 266 g/mol. The molecule has 0 radical (unpaired) electrons. The summed E-state index contributed by atoms with van der Waals surface area (Å²) in [7, 11) is 0. The fourth-order valence-electron chi connectivity index (χ4n) is 2.03. The van der Waals surface area contributed by atoms with Gasteiger partial charge < -0.3 is 20.8 Å². The summed E-state index contributed by atoms with van der Waals surface area (Å²) in [4.78, 5) is 35.2. The van der Waals surface area contributed by atoms with E-state index in [0.29, 0.717) is 0 Å². The van der Waals surface area contributed by atoms with Crippen molar-refractivity contribution in [1.82, 2.24) is 15.5 Å². The van der Waals surface area contributed by atoms with Crippen LogP contribution in [-0.4, -0.2) is 71.7 Å². The van der Waals surface area contributed by atoms with Crippen LogP contribution in [0.25, 0.3) is 0 Å². The van der Waals surface area contributed by atoms with Crippen molar-refractivity contribution in [1.29, 1.82) is 0 Å². The number of carboxylic acid groups (broad SMARTS) is 2. The van der Waals surface area contributed by atoms with Crippen LogP contribution in [0.1, 0.15) is 19.3 Å². The Hall–Kier alpha value is -1.67. The Morgan fingerprint density at radius 3 is 2.60 bits per heavy atom. The van der Waals surface area contributed by atoms with E-state index in [4.69, 9.17) is 10.2 Å². The standard InChI is InChI=1S/C12H21N3O5/c16-10(8-15-6-1-4-13-5-7-15)14-9(12(19)20)2-3-11(17)18/h9,13H,1-8H2,(H,14,16)(H,17,18)(H,19,20)/t9-/m0/s1. The van der Waals surface area contributed by atoms with Gasteiger partial charge in [0.1, 0.15) is 6.04 Å². The van der Waals surface area contributed by atoms with Crippen LogP contribution < -0.4 is 10.6 Å². The van der Waals surface area contributed by atoms with E-state index >= 15 is 0 Å². The zero-order valence-corrected chi connectivity index (χ0v) is 11.3. The maximum absolute atomic E-state index is 11.8. The molecule has 0 aromatic carbocycles. The average molecular weight is 287 g/mol. The van der Waals surface area contributed by atoms with Gasteiger partial charge in [-0.2, -0.15) is 0 Å². The fourth-order valence-corrected chi connectivity index (χ4v) is 2.03. The summed E-state index contributed by atoms with van der Waals surface area (Å²) < 4.78 is 0. The third kappa shape index (κ3) is 6.48. The largest absolute Gasteiger partial charge is 0.481 e. The van der Waals surface area contributed by atoms with Crippen molar-refractivity contribution in [2.75, 3.05) is 32.7 Å². The molecule has 1 saturated heterocycles. The number of rotatable bonds is 7. The Balaban J connectivity index is 2.40. The Morgan fingerprint density at radius 2 is 1.95 bits per heavy atom. The minimum Gasteiger partial charge on any atom is -0.481 e. The maximum atomic E-state index is 11.8. The fraction of sp³-hybridized carbons (Fsp3) is 0.750. The summed E-state index contributed by atoms with van der Waals surface area (Å²) in [6.07, 6.45) is 0.539. The number of nitrogens with one attached hydrogen (secondary N) is 2. The highest BCUT2D eigenvalue weighted by Gasteiger charge is 2.22. The van der Waals surface area contributed by atoms with Crippen molar-refractivity contribution in [3.8, 4) is 0 Å². The smallest absolute Gasteiger partial charge is 0.326 e. The zero-order valence-electron chi connectivity index (χ0n) is 11.3. The van der Waals surface area contributed by atoms with E-state index in [0.717, 1.165) is 32.6 Å². The lowest BCUT2D eigenvalue weighted by Gasteiger charge is -2.20. The van der Waals surface area contributed by atoms with Gasteiger partial charge in [0.05, 0.1) is 6.54 Å². The molecule has 1 aliphatic heterocycles. The Bertz CT molecular complexity index is 353. The van der Waals surface area contributed by atoms with E-state index in [-0.39, 0.29) is 25.3 Å². The van der Waals surface area contributed by atoms with Gasteiger partial charge in [-0.15, -0.1) is 0 Å². The van der Waals surface area contributed by atoms with E-state index in [1.807, 2.05) is 4.90 Å². The lowest BCUT2D eigenvalue weighted by molar-refractivity contribution is -0.143. The van der Waals surface area contributed by atoms with Crippen LogP contribution in [0, 0.1) is 0 Å². The zero-order chi connectivity index (χ0) is 15.0. The number of aliphatic carboxylic acids is 2. The number of nitrogens with zero attached hydrogens (tertiary/aromatic N) is 1. The first-order valence-corrected chi connectivity index (χ1v) is 6.66. The van der Waals surface area contributed by atoms with Gasteiger partial charge in [-0.1, -0.05) is 0 Å². The van der Waals surface area contributed by atoms with E-state index < -0.39 is 18.0 Å². The van der Waals surface area contributed by atoms with Crippen LogP contribution in [0.3, 0.4) is 0 Å². The van der Waals surface area contributed by atoms with Crippen LogP contribution in [0.2, 0.25) is 0 Å². The quantitative estimate of drug-likeness (QED) is 0.460. The molecule has 20 heavy (non-hydrogen) atoms. The van der Waals surface area contributed by atoms with Crippen LogP contribution in [0.4, 0.5) is 0 Å². The molecule has 1 heterocycles. The second-order valence-corrected chi connectivity index (χ2v) is 4.77. The minimum atomic E-state index is -1.21. The minimum absolute atomic E-state index is 0.113. The molecule has 1 aliphatic rings. The normalized spacial score (nSPS) is 18.0. The maximum Gasteiger partial charge on any atom is 0.326 e. The predicted octanol–water partition coefficient (Wildman–Crippen LogP) is -1.28. The van der Waals surface area contributed by atoms with Crippen LogP contribution in [0.5, 0.6) is 0 Å². The molecule has 1 fully saturated rings. The van der Waals surface area contributed by atoms with E-state index in [2.05, 4.69) is 10.6 Å². The van der Waals surface area contributed by atoms with Crippen molar-refractivity contribution >= 4 is 17.8 Å². The van der Waals surface area contributed by atoms with Gasteiger partial charge in [0.15, 0.2) is 0 Å². The molecule has 4 N–H and O–H groups in total. The Morgan fingerprint density at radius 1 is 1.20 bits per heavy atom. The van der Waals surface area contributed by atoms with E-state index in [1.54, 1.807) is 0 Å². The van der Waals surface area contributed by atoms with Crippen molar-refractivity contribution in [3.05, 3.63) is 0 Å². The number of hydrogen-bond acceptors (Lipinski definition) is 5. The molecule has 0 spiro atoms. The lowest BCUT2D eigenvalue weighted by atomic mass is 10.1.